The molecule has 2 unspecified atom stereocenters. The van der Waals surface area contributed by atoms with Gasteiger partial charge in [0.25, 0.3) is 0 Å². The van der Waals surface area contributed by atoms with Gasteiger partial charge in [-0.2, -0.15) is 0 Å². The molecule has 1 aliphatic carbocycles. The van der Waals surface area contributed by atoms with Crippen molar-refractivity contribution in [1.29, 1.82) is 0 Å². The van der Waals surface area contributed by atoms with Crippen molar-refractivity contribution < 1.29 is 0 Å². The molecule has 2 heteroatoms. The minimum atomic E-state index is 0.252. The third-order valence-corrected chi connectivity index (χ3v) is 3.15. The van der Waals surface area contributed by atoms with Gasteiger partial charge in [0.15, 0.2) is 0 Å². The molecule has 0 aromatic heterocycles. The van der Waals surface area contributed by atoms with Crippen molar-refractivity contribution in [2.24, 2.45) is 5.92 Å². The van der Waals surface area contributed by atoms with Crippen LogP contribution >= 0.6 is 0 Å². The van der Waals surface area contributed by atoms with Crippen molar-refractivity contribution in [1.82, 2.24) is 10.6 Å². The predicted molar refractivity (Wildman–Crippen MR) is 67.2 cm³/mol. The summed E-state index contributed by atoms with van der Waals surface area (Å²) < 4.78 is 0. The molecular weight excluding hydrogens is 184 g/mol. The number of hydrogen-bond donors (Lipinski definition) is 2. The van der Waals surface area contributed by atoms with E-state index in [-0.39, 0.29) is 5.54 Å². The lowest BCUT2D eigenvalue weighted by Gasteiger charge is -2.28. The van der Waals surface area contributed by atoms with Crippen LogP contribution in [0, 0.1) is 5.92 Å². The lowest BCUT2D eigenvalue weighted by Crippen LogP contribution is -2.43. The summed E-state index contributed by atoms with van der Waals surface area (Å²) in [4.78, 5) is 0. The highest BCUT2D eigenvalue weighted by atomic mass is 15.0. The summed E-state index contributed by atoms with van der Waals surface area (Å²) >= 11 is 0. The molecule has 0 radical (unpaired) electrons. The van der Waals surface area contributed by atoms with Gasteiger partial charge in [-0.25, -0.2) is 0 Å². The standard InChI is InChI=1S/C13H28N2/c1-11-6-5-7-12(10-11)14-8-9-15-13(2,3)4/h11-12,14-15H,5-10H2,1-4H3. The molecule has 2 nitrogen and oxygen atoms in total. The molecule has 0 aromatic rings. The molecule has 1 rings (SSSR count). The van der Waals surface area contributed by atoms with Crippen LogP contribution in [0.15, 0.2) is 0 Å². The summed E-state index contributed by atoms with van der Waals surface area (Å²) in [6.45, 7) is 11.2. The molecule has 0 bridgehead atoms. The Morgan fingerprint density at radius 2 is 1.87 bits per heavy atom. The molecule has 1 aliphatic rings. The van der Waals surface area contributed by atoms with E-state index in [1.807, 2.05) is 0 Å². The highest BCUT2D eigenvalue weighted by molar-refractivity contribution is 4.77. The first kappa shape index (κ1) is 13.0. The molecule has 2 atom stereocenters. The van der Waals surface area contributed by atoms with E-state index in [0.29, 0.717) is 0 Å². The maximum absolute atomic E-state index is 3.66. The van der Waals surface area contributed by atoms with E-state index in [4.69, 9.17) is 0 Å². The summed E-state index contributed by atoms with van der Waals surface area (Å²) in [5.41, 5.74) is 0.252. The second-order valence-electron chi connectivity index (χ2n) is 6.10. The van der Waals surface area contributed by atoms with Crippen LogP contribution in [0.3, 0.4) is 0 Å². The molecule has 2 N–H and O–H groups in total. The van der Waals surface area contributed by atoms with Gasteiger partial charge < -0.3 is 10.6 Å². The average Bonchev–Trinajstić information content (AvgIpc) is 2.11. The summed E-state index contributed by atoms with van der Waals surface area (Å²) in [5.74, 6) is 0.923. The van der Waals surface area contributed by atoms with Crippen molar-refractivity contribution in [3.63, 3.8) is 0 Å². The van der Waals surface area contributed by atoms with Gasteiger partial charge in [0.05, 0.1) is 0 Å². The molecular formula is C13H28N2. The Hall–Kier alpha value is -0.0800. The lowest BCUT2D eigenvalue weighted by molar-refractivity contribution is 0.298. The normalized spacial score (nSPS) is 28.0. The summed E-state index contributed by atoms with van der Waals surface area (Å²) in [6.07, 6.45) is 5.58. The molecule has 0 saturated heterocycles. The van der Waals surface area contributed by atoms with E-state index >= 15 is 0 Å². The van der Waals surface area contributed by atoms with Gasteiger partial charge >= 0.3 is 0 Å². The molecule has 15 heavy (non-hydrogen) atoms. The first-order valence-electron chi connectivity index (χ1n) is 6.46. The lowest BCUT2D eigenvalue weighted by atomic mass is 9.87. The van der Waals surface area contributed by atoms with Gasteiger partial charge in [-0.05, 0) is 39.5 Å². The van der Waals surface area contributed by atoms with E-state index in [0.717, 1.165) is 25.0 Å². The van der Waals surface area contributed by atoms with E-state index in [9.17, 15) is 0 Å². The highest BCUT2D eigenvalue weighted by Crippen LogP contribution is 2.23. The molecule has 0 amide bonds. The molecule has 90 valence electrons. The van der Waals surface area contributed by atoms with Crippen molar-refractivity contribution >= 4 is 0 Å². The fourth-order valence-corrected chi connectivity index (χ4v) is 2.33. The van der Waals surface area contributed by atoms with Gasteiger partial charge in [-0.15, -0.1) is 0 Å². The number of rotatable bonds is 4. The second-order valence-corrected chi connectivity index (χ2v) is 6.10. The molecule has 0 heterocycles. The van der Waals surface area contributed by atoms with Crippen molar-refractivity contribution in [2.75, 3.05) is 13.1 Å². The minimum Gasteiger partial charge on any atom is -0.313 e. The third-order valence-electron chi connectivity index (χ3n) is 3.15. The average molecular weight is 212 g/mol. The van der Waals surface area contributed by atoms with Crippen LogP contribution in [-0.4, -0.2) is 24.7 Å². The van der Waals surface area contributed by atoms with Crippen LogP contribution in [-0.2, 0) is 0 Å². The molecule has 0 spiro atoms. The minimum absolute atomic E-state index is 0.252. The Bertz CT molecular complexity index is 172. The largest absolute Gasteiger partial charge is 0.313 e. The molecule has 0 aliphatic heterocycles. The van der Waals surface area contributed by atoms with E-state index in [1.54, 1.807) is 0 Å². The number of nitrogens with one attached hydrogen (secondary N) is 2. The fraction of sp³-hybridized carbons (Fsp3) is 1.00. The second kappa shape index (κ2) is 5.86. The maximum Gasteiger partial charge on any atom is 0.00970 e. The van der Waals surface area contributed by atoms with Gasteiger partial charge in [0.2, 0.25) is 0 Å². The zero-order valence-electron chi connectivity index (χ0n) is 10.9. The first-order chi connectivity index (χ1) is 6.97. The van der Waals surface area contributed by atoms with Gasteiger partial charge in [0.1, 0.15) is 0 Å². The van der Waals surface area contributed by atoms with Gasteiger partial charge in [-0.1, -0.05) is 19.8 Å². The van der Waals surface area contributed by atoms with Crippen LogP contribution < -0.4 is 10.6 Å². The van der Waals surface area contributed by atoms with Crippen LogP contribution in [0.25, 0.3) is 0 Å². The first-order valence-corrected chi connectivity index (χ1v) is 6.46. The number of hydrogen-bond acceptors (Lipinski definition) is 2. The smallest absolute Gasteiger partial charge is 0.00970 e. The Kier molecular flexibility index (Phi) is 5.07. The van der Waals surface area contributed by atoms with E-state index < -0.39 is 0 Å². The highest BCUT2D eigenvalue weighted by Gasteiger charge is 2.17. The van der Waals surface area contributed by atoms with Gasteiger partial charge in [-0.3, -0.25) is 0 Å². The van der Waals surface area contributed by atoms with Crippen LogP contribution in [0.4, 0.5) is 0 Å². The monoisotopic (exact) mass is 212 g/mol. The maximum atomic E-state index is 3.66. The third kappa shape index (κ3) is 6.16. The van der Waals surface area contributed by atoms with E-state index in [1.165, 1.54) is 25.7 Å². The van der Waals surface area contributed by atoms with Crippen molar-refractivity contribution in [2.45, 2.75) is 65.0 Å². The molecule has 0 aromatic carbocycles. The van der Waals surface area contributed by atoms with Crippen molar-refractivity contribution in [3.05, 3.63) is 0 Å². The van der Waals surface area contributed by atoms with Crippen molar-refractivity contribution in [3.8, 4) is 0 Å². The summed E-state index contributed by atoms with van der Waals surface area (Å²) in [5, 5.41) is 7.17. The topological polar surface area (TPSA) is 24.1 Å². The SMILES string of the molecule is CC1CCCC(NCCNC(C)(C)C)C1. The van der Waals surface area contributed by atoms with Crippen LogP contribution in [0.1, 0.15) is 53.4 Å². The van der Waals surface area contributed by atoms with Crippen LogP contribution in [0.2, 0.25) is 0 Å². The quantitative estimate of drug-likeness (QED) is 0.700. The van der Waals surface area contributed by atoms with Gasteiger partial charge in [0, 0.05) is 24.7 Å². The zero-order valence-corrected chi connectivity index (χ0v) is 10.9. The Balaban J connectivity index is 2.04. The predicted octanol–water partition coefficient (Wildman–Crippen LogP) is 2.54. The Morgan fingerprint density at radius 3 is 2.47 bits per heavy atom. The molecule has 1 fully saturated rings. The Labute approximate surface area is 95.2 Å². The fourth-order valence-electron chi connectivity index (χ4n) is 2.33. The van der Waals surface area contributed by atoms with Crippen LogP contribution in [0.5, 0.6) is 0 Å². The zero-order chi connectivity index (χ0) is 11.3. The summed E-state index contributed by atoms with van der Waals surface area (Å²) in [7, 11) is 0. The van der Waals surface area contributed by atoms with E-state index in [2.05, 4.69) is 38.3 Å². The molecule has 1 saturated carbocycles. The summed E-state index contributed by atoms with van der Waals surface area (Å²) in [6, 6.07) is 0.774. The Morgan fingerprint density at radius 1 is 1.13 bits per heavy atom.